The van der Waals surface area contributed by atoms with E-state index in [4.69, 9.17) is 17.3 Å². The molecule has 19 heavy (non-hydrogen) atoms. The zero-order valence-electron chi connectivity index (χ0n) is 10.9. The van der Waals surface area contributed by atoms with Crippen molar-refractivity contribution in [3.05, 3.63) is 39.6 Å². The number of benzene rings is 1. The third-order valence-corrected chi connectivity index (χ3v) is 4.19. The molecule has 0 spiro atoms. The van der Waals surface area contributed by atoms with Crippen LogP contribution in [0.3, 0.4) is 0 Å². The Bertz CT molecular complexity index is 581. The van der Waals surface area contributed by atoms with Crippen LogP contribution in [0, 0.1) is 11.7 Å². The molecule has 2 N–H and O–H groups in total. The molecule has 0 amide bonds. The van der Waals surface area contributed by atoms with E-state index in [9.17, 15) is 4.39 Å². The molecule has 0 bridgehead atoms. The fourth-order valence-corrected chi connectivity index (χ4v) is 3.19. The summed E-state index contributed by atoms with van der Waals surface area (Å²) in [6.45, 7) is 4.76. The summed E-state index contributed by atoms with van der Waals surface area (Å²) in [7, 11) is 0. The lowest BCUT2D eigenvalue weighted by Crippen LogP contribution is -2.01. The van der Waals surface area contributed by atoms with Crippen LogP contribution in [0.4, 0.5) is 4.39 Å². The van der Waals surface area contributed by atoms with Gasteiger partial charge in [-0.1, -0.05) is 25.4 Å². The average molecular weight is 299 g/mol. The molecular weight excluding hydrogens is 283 g/mol. The first kappa shape index (κ1) is 14.4. The molecule has 2 rings (SSSR count). The maximum atomic E-state index is 13.1. The molecule has 0 unspecified atom stereocenters. The molecule has 1 aromatic carbocycles. The largest absolute Gasteiger partial charge is 0.326 e. The van der Waals surface area contributed by atoms with E-state index in [2.05, 4.69) is 18.8 Å². The average Bonchev–Trinajstić information content (AvgIpc) is 2.71. The Hall–Kier alpha value is -0.970. The number of nitrogens with zero attached hydrogens (tertiary/aromatic N) is 1. The van der Waals surface area contributed by atoms with E-state index in [1.807, 2.05) is 0 Å². The highest BCUT2D eigenvalue weighted by molar-refractivity contribution is 7.15. The van der Waals surface area contributed by atoms with Crippen molar-refractivity contribution < 1.29 is 4.39 Å². The third-order valence-electron chi connectivity index (χ3n) is 2.73. The highest BCUT2D eigenvalue weighted by Gasteiger charge is 2.15. The lowest BCUT2D eigenvalue weighted by Gasteiger charge is -2.02. The summed E-state index contributed by atoms with van der Waals surface area (Å²) in [5.74, 6) is 0.177. The predicted octanol–water partition coefficient (Wildman–Crippen LogP) is 4.26. The first-order valence-corrected chi connectivity index (χ1v) is 7.34. The molecule has 0 saturated heterocycles. The molecular formula is C14H16ClFN2S. The zero-order valence-corrected chi connectivity index (χ0v) is 12.5. The summed E-state index contributed by atoms with van der Waals surface area (Å²) in [6.07, 6.45) is 0.891. The number of nitrogens with two attached hydrogens (primary N) is 1. The molecule has 2 aromatic rings. The van der Waals surface area contributed by atoms with Gasteiger partial charge in [-0.3, -0.25) is 0 Å². The topological polar surface area (TPSA) is 38.9 Å². The van der Waals surface area contributed by atoms with Crippen LogP contribution in [-0.4, -0.2) is 4.98 Å². The van der Waals surface area contributed by atoms with E-state index in [0.717, 1.165) is 27.6 Å². The van der Waals surface area contributed by atoms with E-state index < -0.39 is 0 Å². The molecule has 0 aliphatic rings. The van der Waals surface area contributed by atoms with Crippen LogP contribution in [0.1, 0.15) is 24.4 Å². The van der Waals surface area contributed by atoms with Crippen LogP contribution in [-0.2, 0) is 13.0 Å². The van der Waals surface area contributed by atoms with Gasteiger partial charge in [-0.15, -0.1) is 11.3 Å². The number of hydrogen-bond donors (Lipinski definition) is 1. The monoisotopic (exact) mass is 298 g/mol. The summed E-state index contributed by atoms with van der Waals surface area (Å²) in [6, 6.07) is 4.37. The SMILES string of the molecule is CC(C)Cc1nc(-c2ccc(F)cc2Cl)sc1CN. The second-order valence-corrected chi connectivity index (χ2v) is 6.31. The van der Waals surface area contributed by atoms with E-state index in [0.29, 0.717) is 17.5 Å². The van der Waals surface area contributed by atoms with Gasteiger partial charge in [0.05, 0.1) is 10.7 Å². The van der Waals surface area contributed by atoms with E-state index in [1.54, 1.807) is 6.07 Å². The van der Waals surface area contributed by atoms with Gasteiger partial charge in [0, 0.05) is 17.0 Å². The molecule has 0 aliphatic heterocycles. The molecule has 2 nitrogen and oxygen atoms in total. The summed E-state index contributed by atoms with van der Waals surface area (Å²) in [5.41, 5.74) is 7.55. The summed E-state index contributed by atoms with van der Waals surface area (Å²) in [4.78, 5) is 5.69. The smallest absolute Gasteiger partial charge is 0.125 e. The van der Waals surface area contributed by atoms with Crippen LogP contribution in [0.15, 0.2) is 18.2 Å². The summed E-state index contributed by atoms with van der Waals surface area (Å²) in [5, 5.41) is 1.19. The minimum atomic E-state index is -0.341. The quantitative estimate of drug-likeness (QED) is 0.916. The van der Waals surface area contributed by atoms with Crippen LogP contribution in [0.2, 0.25) is 5.02 Å². The lowest BCUT2D eigenvalue weighted by molar-refractivity contribution is 0.628. The van der Waals surface area contributed by atoms with Gasteiger partial charge in [0.2, 0.25) is 0 Å². The van der Waals surface area contributed by atoms with Crippen LogP contribution in [0.5, 0.6) is 0 Å². The van der Waals surface area contributed by atoms with Crippen LogP contribution < -0.4 is 5.73 Å². The number of halogens is 2. The zero-order chi connectivity index (χ0) is 14.0. The summed E-state index contributed by atoms with van der Waals surface area (Å²) < 4.78 is 13.1. The minimum absolute atomic E-state index is 0.341. The van der Waals surface area contributed by atoms with Crippen molar-refractivity contribution in [3.63, 3.8) is 0 Å². The van der Waals surface area contributed by atoms with Gasteiger partial charge >= 0.3 is 0 Å². The first-order chi connectivity index (χ1) is 9.01. The molecule has 0 saturated carbocycles. The molecule has 0 fully saturated rings. The number of rotatable bonds is 4. The fraction of sp³-hybridized carbons (Fsp3) is 0.357. The standard InChI is InChI=1S/C14H16ClFN2S/c1-8(2)5-12-13(7-17)19-14(18-12)10-4-3-9(16)6-11(10)15/h3-4,6,8H,5,7,17H2,1-2H3. The van der Waals surface area contributed by atoms with Crippen LogP contribution in [0.25, 0.3) is 10.6 Å². The normalized spacial score (nSPS) is 11.3. The van der Waals surface area contributed by atoms with E-state index in [1.165, 1.54) is 23.5 Å². The van der Waals surface area contributed by atoms with Crippen molar-refractivity contribution in [3.8, 4) is 10.6 Å². The Morgan fingerprint density at radius 3 is 2.74 bits per heavy atom. The maximum absolute atomic E-state index is 13.1. The summed E-state index contributed by atoms with van der Waals surface area (Å²) >= 11 is 7.60. The van der Waals surface area contributed by atoms with Gasteiger partial charge < -0.3 is 5.73 Å². The van der Waals surface area contributed by atoms with Crippen molar-refractivity contribution >= 4 is 22.9 Å². The van der Waals surface area contributed by atoms with Gasteiger partial charge in [0.1, 0.15) is 10.8 Å². The Balaban J connectivity index is 2.42. The van der Waals surface area contributed by atoms with E-state index in [-0.39, 0.29) is 5.82 Å². The molecule has 0 radical (unpaired) electrons. The van der Waals surface area contributed by atoms with Crippen molar-refractivity contribution in [2.45, 2.75) is 26.8 Å². The molecule has 1 aromatic heterocycles. The van der Waals surface area contributed by atoms with Gasteiger partial charge in [-0.25, -0.2) is 9.37 Å². The van der Waals surface area contributed by atoms with Crippen molar-refractivity contribution in [1.29, 1.82) is 0 Å². The lowest BCUT2D eigenvalue weighted by atomic mass is 10.1. The van der Waals surface area contributed by atoms with Crippen LogP contribution >= 0.6 is 22.9 Å². The van der Waals surface area contributed by atoms with E-state index >= 15 is 0 Å². The Kier molecular flexibility index (Phi) is 4.55. The Morgan fingerprint density at radius 2 is 2.16 bits per heavy atom. The number of thiazole rings is 1. The second kappa shape index (κ2) is 5.99. The van der Waals surface area contributed by atoms with Gasteiger partial charge in [-0.05, 0) is 30.5 Å². The van der Waals surface area contributed by atoms with Crippen molar-refractivity contribution in [1.82, 2.24) is 4.98 Å². The number of hydrogen-bond acceptors (Lipinski definition) is 3. The molecule has 0 atom stereocenters. The fourth-order valence-electron chi connectivity index (χ4n) is 1.87. The first-order valence-electron chi connectivity index (χ1n) is 6.15. The molecule has 102 valence electrons. The van der Waals surface area contributed by atoms with Crippen molar-refractivity contribution in [2.75, 3.05) is 0 Å². The van der Waals surface area contributed by atoms with Gasteiger partial charge in [0.15, 0.2) is 0 Å². The molecule has 5 heteroatoms. The maximum Gasteiger partial charge on any atom is 0.125 e. The van der Waals surface area contributed by atoms with Gasteiger partial charge in [-0.2, -0.15) is 0 Å². The highest BCUT2D eigenvalue weighted by Crippen LogP contribution is 2.34. The second-order valence-electron chi connectivity index (χ2n) is 4.82. The minimum Gasteiger partial charge on any atom is -0.326 e. The molecule has 0 aliphatic carbocycles. The van der Waals surface area contributed by atoms with Crippen molar-refractivity contribution in [2.24, 2.45) is 11.7 Å². The van der Waals surface area contributed by atoms with Gasteiger partial charge in [0.25, 0.3) is 0 Å². The highest BCUT2D eigenvalue weighted by atomic mass is 35.5. The predicted molar refractivity (Wildman–Crippen MR) is 79.0 cm³/mol. The number of aromatic nitrogens is 1. The third kappa shape index (κ3) is 3.32. The Morgan fingerprint density at radius 1 is 1.42 bits per heavy atom. The Labute approximate surface area is 121 Å². The molecule has 1 heterocycles.